The van der Waals surface area contributed by atoms with Gasteiger partial charge in [-0.3, -0.25) is 9.59 Å². The molecule has 1 atom stereocenters. The first-order valence-corrected chi connectivity index (χ1v) is 8.43. The molecule has 1 heterocycles. The minimum Gasteiger partial charge on any atom is -0.351 e. The highest BCUT2D eigenvalue weighted by molar-refractivity contribution is 9.10. The van der Waals surface area contributed by atoms with Crippen molar-refractivity contribution in [3.8, 4) is 0 Å². The number of rotatable bonds is 4. The van der Waals surface area contributed by atoms with Gasteiger partial charge in [0.05, 0.1) is 0 Å². The summed E-state index contributed by atoms with van der Waals surface area (Å²) in [4.78, 5) is 26.4. The lowest BCUT2D eigenvalue weighted by molar-refractivity contribution is -0.132. The zero-order chi connectivity index (χ0) is 17.1. The third-order valence-corrected chi connectivity index (χ3v) is 4.55. The molecule has 24 heavy (non-hydrogen) atoms. The summed E-state index contributed by atoms with van der Waals surface area (Å²) in [5.41, 5.74) is 1.17. The predicted octanol–water partition coefficient (Wildman–Crippen LogP) is 3.26. The van der Waals surface area contributed by atoms with Gasteiger partial charge in [0.25, 0.3) is 0 Å². The molecule has 4 nitrogen and oxygen atoms in total. The highest BCUT2D eigenvalue weighted by Crippen LogP contribution is 2.27. The zero-order valence-electron chi connectivity index (χ0n) is 12.8. The van der Waals surface area contributed by atoms with Crippen molar-refractivity contribution in [2.75, 3.05) is 11.4 Å². The van der Waals surface area contributed by atoms with Gasteiger partial charge in [0.15, 0.2) is 0 Å². The predicted molar refractivity (Wildman–Crippen MR) is 92.8 cm³/mol. The minimum absolute atomic E-state index is 0.0756. The van der Waals surface area contributed by atoms with E-state index >= 15 is 0 Å². The number of anilines is 1. The van der Waals surface area contributed by atoms with E-state index in [2.05, 4.69) is 21.2 Å². The maximum Gasteiger partial charge on any atom is 0.239 e. The average Bonchev–Trinajstić information content (AvgIpc) is 2.95. The number of benzene rings is 2. The summed E-state index contributed by atoms with van der Waals surface area (Å²) in [6.07, 6.45) is 0.453. The zero-order valence-corrected chi connectivity index (χ0v) is 14.4. The van der Waals surface area contributed by atoms with Crippen LogP contribution in [0.15, 0.2) is 53.0 Å². The third-order valence-electron chi connectivity index (χ3n) is 4.05. The van der Waals surface area contributed by atoms with E-state index in [4.69, 9.17) is 0 Å². The van der Waals surface area contributed by atoms with Crippen molar-refractivity contribution >= 4 is 33.4 Å². The Bertz CT molecular complexity index is 781. The third kappa shape index (κ3) is 3.48. The van der Waals surface area contributed by atoms with Crippen LogP contribution in [-0.4, -0.2) is 18.4 Å². The molecule has 2 aromatic rings. The van der Waals surface area contributed by atoms with Crippen molar-refractivity contribution in [3.63, 3.8) is 0 Å². The molecule has 0 radical (unpaired) electrons. The Balaban J connectivity index is 1.64. The maximum atomic E-state index is 13.6. The Kier molecular flexibility index (Phi) is 4.94. The van der Waals surface area contributed by atoms with Crippen LogP contribution in [0.3, 0.4) is 0 Å². The summed E-state index contributed by atoms with van der Waals surface area (Å²) >= 11 is 3.38. The van der Waals surface area contributed by atoms with Gasteiger partial charge in [0.2, 0.25) is 11.8 Å². The van der Waals surface area contributed by atoms with Crippen LogP contribution in [0.5, 0.6) is 0 Å². The van der Waals surface area contributed by atoms with E-state index in [1.807, 2.05) is 24.3 Å². The van der Waals surface area contributed by atoms with Crippen LogP contribution in [-0.2, 0) is 16.1 Å². The van der Waals surface area contributed by atoms with Crippen molar-refractivity contribution in [2.24, 2.45) is 5.92 Å². The minimum atomic E-state index is -0.726. The average molecular weight is 391 g/mol. The van der Waals surface area contributed by atoms with Crippen LogP contribution in [0.25, 0.3) is 0 Å². The Morgan fingerprint density at radius 1 is 1.25 bits per heavy atom. The van der Waals surface area contributed by atoms with Gasteiger partial charge in [-0.2, -0.15) is 0 Å². The lowest BCUT2D eigenvalue weighted by Gasteiger charge is -2.17. The van der Waals surface area contributed by atoms with E-state index in [0.717, 1.165) is 10.2 Å². The highest BCUT2D eigenvalue weighted by Gasteiger charge is 2.37. The van der Waals surface area contributed by atoms with Crippen molar-refractivity contribution in [1.82, 2.24) is 5.32 Å². The van der Waals surface area contributed by atoms with Crippen LogP contribution in [0.4, 0.5) is 10.1 Å². The molecule has 1 saturated heterocycles. The molecule has 2 aromatic carbocycles. The molecule has 1 aliphatic heterocycles. The number of hydrogen-bond donors (Lipinski definition) is 1. The molecule has 2 amide bonds. The monoisotopic (exact) mass is 390 g/mol. The Morgan fingerprint density at radius 2 is 2.04 bits per heavy atom. The van der Waals surface area contributed by atoms with Crippen LogP contribution >= 0.6 is 15.9 Å². The lowest BCUT2D eigenvalue weighted by atomic mass is 10.1. The largest absolute Gasteiger partial charge is 0.351 e. The SMILES string of the molecule is O=C(NCc1ccccc1F)[C@@H]1CCN(c2cccc(Br)c2)C1=O. The standard InChI is InChI=1S/C18H16BrFN2O2/c19-13-5-3-6-14(10-13)22-9-8-15(18(22)24)17(23)21-11-12-4-1-2-7-16(12)20/h1-7,10,15H,8-9,11H2,(H,21,23)/t15-/m0/s1. The number of amides is 2. The second kappa shape index (κ2) is 7.13. The number of halogens is 2. The fraction of sp³-hybridized carbons (Fsp3) is 0.222. The summed E-state index contributed by atoms with van der Waals surface area (Å²) < 4.78 is 14.5. The van der Waals surface area contributed by atoms with Crippen molar-refractivity contribution in [2.45, 2.75) is 13.0 Å². The fourth-order valence-electron chi connectivity index (χ4n) is 2.77. The second-order valence-electron chi connectivity index (χ2n) is 5.62. The highest BCUT2D eigenvalue weighted by atomic mass is 79.9. The number of nitrogens with zero attached hydrogens (tertiary/aromatic N) is 1. The van der Waals surface area contributed by atoms with Gasteiger partial charge in [0, 0.05) is 28.8 Å². The molecule has 0 aromatic heterocycles. The van der Waals surface area contributed by atoms with Gasteiger partial charge in [-0.25, -0.2) is 4.39 Å². The molecule has 0 saturated carbocycles. The van der Waals surface area contributed by atoms with Crippen molar-refractivity contribution in [1.29, 1.82) is 0 Å². The molecule has 0 spiro atoms. The molecule has 6 heteroatoms. The summed E-state index contributed by atoms with van der Waals surface area (Å²) in [5.74, 6) is -1.68. The van der Waals surface area contributed by atoms with E-state index in [9.17, 15) is 14.0 Å². The van der Waals surface area contributed by atoms with Crippen LogP contribution < -0.4 is 10.2 Å². The fourth-order valence-corrected chi connectivity index (χ4v) is 3.16. The lowest BCUT2D eigenvalue weighted by Crippen LogP contribution is -2.36. The Hall–Kier alpha value is -2.21. The van der Waals surface area contributed by atoms with Crippen LogP contribution in [0, 0.1) is 11.7 Å². The summed E-state index contributed by atoms with van der Waals surface area (Å²) in [6.45, 7) is 0.569. The molecule has 1 aliphatic rings. The van der Waals surface area contributed by atoms with Crippen molar-refractivity contribution < 1.29 is 14.0 Å². The van der Waals surface area contributed by atoms with Crippen LogP contribution in [0.1, 0.15) is 12.0 Å². The number of nitrogens with one attached hydrogen (secondary N) is 1. The second-order valence-corrected chi connectivity index (χ2v) is 6.54. The molecule has 3 rings (SSSR count). The molecule has 1 N–H and O–H groups in total. The molecule has 1 fully saturated rings. The van der Waals surface area contributed by atoms with Crippen LogP contribution in [0.2, 0.25) is 0 Å². The van der Waals surface area contributed by atoms with Gasteiger partial charge < -0.3 is 10.2 Å². The smallest absolute Gasteiger partial charge is 0.239 e. The first-order valence-electron chi connectivity index (χ1n) is 7.64. The maximum absolute atomic E-state index is 13.6. The number of hydrogen-bond acceptors (Lipinski definition) is 2. The quantitative estimate of drug-likeness (QED) is 0.814. The van der Waals surface area contributed by atoms with Gasteiger partial charge in [-0.1, -0.05) is 40.2 Å². The molecular formula is C18H16BrFN2O2. The molecule has 0 bridgehead atoms. The number of carbonyl (C=O) groups excluding carboxylic acids is 2. The molecule has 124 valence electrons. The van der Waals surface area contributed by atoms with E-state index in [1.54, 1.807) is 23.1 Å². The van der Waals surface area contributed by atoms with Crippen molar-refractivity contribution in [3.05, 3.63) is 64.4 Å². The summed E-state index contributed by atoms with van der Waals surface area (Å²) in [7, 11) is 0. The van der Waals surface area contributed by atoms with Gasteiger partial charge in [-0.15, -0.1) is 0 Å². The molecule has 0 unspecified atom stereocenters. The Labute approximate surface area is 147 Å². The van der Waals surface area contributed by atoms with E-state index in [0.29, 0.717) is 18.5 Å². The first-order chi connectivity index (χ1) is 11.6. The first kappa shape index (κ1) is 16.6. The Morgan fingerprint density at radius 3 is 2.79 bits per heavy atom. The molecular weight excluding hydrogens is 375 g/mol. The number of carbonyl (C=O) groups is 2. The summed E-state index contributed by atoms with van der Waals surface area (Å²) in [5, 5.41) is 2.66. The summed E-state index contributed by atoms with van der Waals surface area (Å²) in [6, 6.07) is 13.7. The van der Waals surface area contributed by atoms with E-state index in [-0.39, 0.29) is 24.2 Å². The normalized spacial score (nSPS) is 17.2. The van der Waals surface area contributed by atoms with E-state index in [1.165, 1.54) is 6.07 Å². The van der Waals surface area contributed by atoms with Gasteiger partial charge in [0.1, 0.15) is 11.7 Å². The topological polar surface area (TPSA) is 49.4 Å². The van der Waals surface area contributed by atoms with E-state index < -0.39 is 5.92 Å². The van der Waals surface area contributed by atoms with Gasteiger partial charge >= 0.3 is 0 Å². The molecule has 0 aliphatic carbocycles. The van der Waals surface area contributed by atoms with Gasteiger partial charge in [-0.05, 0) is 30.7 Å².